The van der Waals surface area contributed by atoms with E-state index in [1.54, 1.807) is 0 Å². The van der Waals surface area contributed by atoms with Crippen LogP contribution in [0.5, 0.6) is 0 Å². The van der Waals surface area contributed by atoms with Crippen LogP contribution in [-0.2, 0) is 6.54 Å². The van der Waals surface area contributed by atoms with Gasteiger partial charge in [0.2, 0.25) is 0 Å². The van der Waals surface area contributed by atoms with Crippen LogP contribution >= 0.6 is 11.6 Å². The maximum absolute atomic E-state index is 6.09. The molecule has 0 spiro atoms. The third-order valence-electron chi connectivity index (χ3n) is 2.87. The number of hydrogen-bond acceptors (Lipinski definition) is 2. The van der Waals surface area contributed by atoms with E-state index in [0.717, 1.165) is 22.7 Å². The fourth-order valence-electron chi connectivity index (χ4n) is 1.63. The average molecular weight is 250 g/mol. The van der Waals surface area contributed by atoms with Gasteiger partial charge in [-0.25, -0.2) is 0 Å². The van der Waals surface area contributed by atoms with Gasteiger partial charge in [-0.15, -0.1) is 0 Å². The average Bonchev–Trinajstić information content (AvgIpc) is 2.84. The van der Waals surface area contributed by atoms with Crippen molar-refractivity contribution in [3.8, 4) is 0 Å². The lowest BCUT2D eigenvalue weighted by atomic mass is 10.1. The number of benzene rings is 1. The molecule has 1 unspecified atom stereocenters. The maximum Gasteiger partial charge on any atom is 0.0534 e. The van der Waals surface area contributed by atoms with Gasteiger partial charge in [0.05, 0.1) is 6.20 Å². The Morgan fingerprint density at radius 3 is 2.94 bits per heavy atom. The lowest BCUT2D eigenvalue weighted by Crippen LogP contribution is -2.17. The van der Waals surface area contributed by atoms with Crippen molar-refractivity contribution in [2.24, 2.45) is 0 Å². The Morgan fingerprint density at radius 1 is 1.47 bits per heavy atom. The molecule has 17 heavy (non-hydrogen) atoms. The Balaban J connectivity index is 1.96. The number of rotatable bonds is 4. The van der Waals surface area contributed by atoms with Gasteiger partial charge >= 0.3 is 0 Å². The molecule has 0 aliphatic carbocycles. The molecular weight excluding hydrogens is 234 g/mol. The zero-order valence-corrected chi connectivity index (χ0v) is 10.8. The summed E-state index contributed by atoms with van der Waals surface area (Å²) >= 11 is 6.09. The Morgan fingerprint density at radius 2 is 2.29 bits per heavy atom. The van der Waals surface area contributed by atoms with Crippen molar-refractivity contribution >= 4 is 11.6 Å². The monoisotopic (exact) mass is 249 g/mol. The lowest BCUT2D eigenvalue weighted by molar-refractivity contribution is 0.575. The smallest absolute Gasteiger partial charge is 0.0534 e. The van der Waals surface area contributed by atoms with Gasteiger partial charge in [0.1, 0.15) is 0 Å². The molecule has 1 aromatic carbocycles. The van der Waals surface area contributed by atoms with E-state index in [2.05, 4.69) is 28.5 Å². The van der Waals surface area contributed by atoms with E-state index in [0.29, 0.717) is 0 Å². The molecule has 0 aliphatic heterocycles. The van der Waals surface area contributed by atoms with E-state index in [-0.39, 0.29) is 6.04 Å². The Hall–Kier alpha value is -1.32. The summed E-state index contributed by atoms with van der Waals surface area (Å²) in [4.78, 5) is 0. The Bertz CT molecular complexity index is 479. The van der Waals surface area contributed by atoms with Crippen LogP contribution in [0.1, 0.15) is 29.7 Å². The van der Waals surface area contributed by atoms with Gasteiger partial charge in [0.15, 0.2) is 0 Å². The number of aromatic nitrogens is 2. The first-order chi connectivity index (χ1) is 8.16. The van der Waals surface area contributed by atoms with Gasteiger partial charge in [-0.3, -0.25) is 5.10 Å². The highest BCUT2D eigenvalue weighted by atomic mass is 35.5. The van der Waals surface area contributed by atoms with Gasteiger partial charge in [0, 0.05) is 29.4 Å². The van der Waals surface area contributed by atoms with Crippen LogP contribution in [-0.4, -0.2) is 10.2 Å². The van der Waals surface area contributed by atoms with Gasteiger partial charge in [0.25, 0.3) is 0 Å². The molecule has 1 atom stereocenters. The Labute approximate surface area is 106 Å². The summed E-state index contributed by atoms with van der Waals surface area (Å²) in [7, 11) is 0. The van der Waals surface area contributed by atoms with Crippen LogP contribution in [0.25, 0.3) is 0 Å². The van der Waals surface area contributed by atoms with Crippen molar-refractivity contribution in [3.05, 3.63) is 52.3 Å². The number of H-pyrrole nitrogens is 1. The van der Waals surface area contributed by atoms with Crippen LogP contribution < -0.4 is 5.32 Å². The van der Waals surface area contributed by atoms with E-state index in [4.69, 9.17) is 11.6 Å². The molecule has 0 saturated heterocycles. The van der Waals surface area contributed by atoms with Crippen molar-refractivity contribution in [2.45, 2.75) is 26.4 Å². The predicted octanol–water partition coefficient (Wildman–Crippen LogP) is 3.22. The third kappa shape index (κ3) is 3.08. The van der Waals surface area contributed by atoms with Gasteiger partial charge < -0.3 is 5.32 Å². The summed E-state index contributed by atoms with van der Waals surface area (Å²) in [5.74, 6) is 0. The molecule has 2 aromatic rings. The van der Waals surface area contributed by atoms with Crippen LogP contribution in [0.3, 0.4) is 0 Å². The largest absolute Gasteiger partial charge is 0.306 e. The van der Waals surface area contributed by atoms with Gasteiger partial charge in [-0.2, -0.15) is 5.10 Å². The predicted molar refractivity (Wildman–Crippen MR) is 70.0 cm³/mol. The highest BCUT2D eigenvalue weighted by Gasteiger charge is 2.06. The Kier molecular flexibility index (Phi) is 3.82. The molecule has 2 N–H and O–H groups in total. The minimum absolute atomic E-state index is 0.272. The molecule has 0 amide bonds. The summed E-state index contributed by atoms with van der Waals surface area (Å²) in [5.41, 5.74) is 3.46. The van der Waals surface area contributed by atoms with Gasteiger partial charge in [-0.05, 0) is 31.0 Å². The molecule has 0 fully saturated rings. The maximum atomic E-state index is 6.09. The topological polar surface area (TPSA) is 40.7 Å². The first kappa shape index (κ1) is 12.1. The molecule has 2 rings (SSSR count). The van der Waals surface area contributed by atoms with Gasteiger partial charge in [-0.1, -0.05) is 23.7 Å². The van der Waals surface area contributed by atoms with Crippen molar-refractivity contribution < 1.29 is 0 Å². The van der Waals surface area contributed by atoms with E-state index >= 15 is 0 Å². The summed E-state index contributed by atoms with van der Waals surface area (Å²) < 4.78 is 0. The standard InChI is InChI=1S/C13H16ClN3/c1-9-3-4-11(5-13(9)14)6-15-10(2)12-7-16-17-8-12/h3-5,7-8,10,15H,6H2,1-2H3,(H,16,17). The quantitative estimate of drug-likeness (QED) is 0.874. The second-order valence-corrected chi connectivity index (χ2v) is 4.62. The number of aryl methyl sites for hydroxylation is 1. The second-order valence-electron chi connectivity index (χ2n) is 4.22. The van der Waals surface area contributed by atoms with Crippen molar-refractivity contribution in [3.63, 3.8) is 0 Å². The van der Waals surface area contributed by atoms with Crippen LogP contribution in [0, 0.1) is 6.92 Å². The number of nitrogens with zero attached hydrogens (tertiary/aromatic N) is 1. The number of nitrogens with one attached hydrogen (secondary N) is 2. The van der Waals surface area contributed by atoms with Crippen molar-refractivity contribution in [2.75, 3.05) is 0 Å². The molecule has 4 heteroatoms. The van der Waals surface area contributed by atoms with E-state index in [1.807, 2.05) is 31.5 Å². The van der Waals surface area contributed by atoms with Crippen LogP contribution in [0.15, 0.2) is 30.6 Å². The molecule has 0 bridgehead atoms. The summed E-state index contributed by atoms with van der Waals surface area (Å²) in [6.07, 6.45) is 3.74. The van der Waals surface area contributed by atoms with Crippen LogP contribution in [0.2, 0.25) is 5.02 Å². The first-order valence-corrected chi connectivity index (χ1v) is 6.01. The molecule has 0 radical (unpaired) electrons. The minimum atomic E-state index is 0.272. The molecule has 1 heterocycles. The number of hydrogen-bond donors (Lipinski definition) is 2. The molecule has 1 aromatic heterocycles. The van der Waals surface area contributed by atoms with E-state index in [9.17, 15) is 0 Å². The highest BCUT2D eigenvalue weighted by molar-refractivity contribution is 6.31. The fraction of sp³-hybridized carbons (Fsp3) is 0.308. The molecule has 0 saturated carbocycles. The summed E-state index contributed by atoms with van der Waals surface area (Å²) in [6.45, 7) is 4.92. The zero-order valence-electron chi connectivity index (χ0n) is 10.00. The number of halogens is 1. The minimum Gasteiger partial charge on any atom is -0.306 e. The first-order valence-electron chi connectivity index (χ1n) is 5.64. The zero-order chi connectivity index (χ0) is 12.3. The van der Waals surface area contributed by atoms with Crippen molar-refractivity contribution in [1.82, 2.24) is 15.5 Å². The summed E-state index contributed by atoms with van der Waals surface area (Å²) in [5, 5.41) is 11.0. The van der Waals surface area contributed by atoms with E-state index in [1.165, 1.54) is 5.56 Å². The summed E-state index contributed by atoms with van der Waals surface area (Å²) in [6, 6.07) is 6.42. The van der Waals surface area contributed by atoms with Crippen LogP contribution in [0.4, 0.5) is 0 Å². The fourth-order valence-corrected chi connectivity index (χ4v) is 1.84. The van der Waals surface area contributed by atoms with Crippen molar-refractivity contribution in [1.29, 1.82) is 0 Å². The molecule has 90 valence electrons. The third-order valence-corrected chi connectivity index (χ3v) is 3.28. The number of aromatic amines is 1. The van der Waals surface area contributed by atoms with E-state index < -0.39 is 0 Å². The SMILES string of the molecule is Cc1ccc(CNC(C)c2cn[nH]c2)cc1Cl. The molecule has 3 nitrogen and oxygen atoms in total. The lowest BCUT2D eigenvalue weighted by Gasteiger charge is -2.12. The normalized spacial score (nSPS) is 12.6. The molecule has 0 aliphatic rings. The molecular formula is C13H16ClN3. The second kappa shape index (κ2) is 5.34. The highest BCUT2D eigenvalue weighted by Crippen LogP contribution is 2.17.